The molecular weight excluding hydrogens is 389 g/mol. The normalized spacial score (nSPS) is 11.8. The molecule has 0 saturated heterocycles. The first-order valence-electron chi connectivity index (χ1n) is 5.22. The Kier molecular flexibility index (Phi) is 4.74. The molecule has 0 heterocycles. The summed E-state index contributed by atoms with van der Waals surface area (Å²) in [5.41, 5.74) is -0.172. The Morgan fingerprint density at radius 1 is 1.47 bits per heavy atom. The molecule has 1 aromatic carbocycles. The number of nitro benzene ring substituents is 1. The van der Waals surface area contributed by atoms with Crippen LogP contribution in [0.25, 0.3) is 0 Å². The van der Waals surface area contributed by atoms with Crippen molar-refractivity contribution in [2.45, 2.75) is 25.2 Å². The minimum Gasteiger partial charge on any atom is -0.505 e. The maximum Gasteiger partial charge on any atom is 0.298 e. The van der Waals surface area contributed by atoms with Crippen LogP contribution in [0.15, 0.2) is 11.0 Å². The van der Waals surface area contributed by atoms with Crippen LogP contribution in [0, 0.1) is 19.6 Å². The Morgan fingerprint density at radius 2 is 2.00 bits per heavy atom. The van der Waals surface area contributed by atoms with Gasteiger partial charge < -0.3 is 5.11 Å². The van der Waals surface area contributed by atoms with Gasteiger partial charge in [-0.2, -0.15) is 8.42 Å². The molecule has 1 rings (SSSR count). The number of aromatic hydroxyl groups is 1. The van der Waals surface area contributed by atoms with Crippen molar-refractivity contribution in [1.82, 2.24) is 0 Å². The molecule has 0 fully saturated rings. The second-order valence-electron chi connectivity index (χ2n) is 4.38. The highest BCUT2D eigenvalue weighted by Crippen LogP contribution is 2.38. The molecule has 0 amide bonds. The van der Waals surface area contributed by atoms with E-state index in [4.69, 9.17) is 4.55 Å². The van der Waals surface area contributed by atoms with Crippen molar-refractivity contribution in [3.05, 3.63) is 25.3 Å². The van der Waals surface area contributed by atoms with E-state index in [2.05, 4.69) is 0 Å². The molecule has 0 spiro atoms. The van der Waals surface area contributed by atoms with E-state index in [0.717, 1.165) is 6.07 Å². The standard InChI is InChI=1S/C10H12INO6S/c1-5(2)3-6-4-7(19(16,17)18)10(13)8(11)9(6)12(14)15/h4-5,13H,3H2,1-2H3,(H,16,17,18). The van der Waals surface area contributed by atoms with Crippen molar-refractivity contribution >= 4 is 38.4 Å². The van der Waals surface area contributed by atoms with Crippen molar-refractivity contribution in [3.63, 3.8) is 0 Å². The minimum atomic E-state index is -4.63. The van der Waals surface area contributed by atoms with E-state index in [0.29, 0.717) is 0 Å². The third-order valence-corrected chi connectivity index (χ3v) is 4.24. The highest BCUT2D eigenvalue weighted by atomic mass is 127. The summed E-state index contributed by atoms with van der Waals surface area (Å²) in [4.78, 5) is 9.63. The van der Waals surface area contributed by atoms with Gasteiger partial charge in [0.1, 0.15) is 8.47 Å². The first-order valence-corrected chi connectivity index (χ1v) is 7.73. The molecule has 0 atom stereocenters. The lowest BCUT2D eigenvalue weighted by Gasteiger charge is -2.11. The largest absolute Gasteiger partial charge is 0.505 e. The summed E-state index contributed by atoms with van der Waals surface area (Å²) in [5, 5.41) is 20.7. The van der Waals surface area contributed by atoms with Crippen LogP contribution in [0.5, 0.6) is 5.75 Å². The van der Waals surface area contributed by atoms with Crippen LogP contribution < -0.4 is 0 Å². The lowest BCUT2D eigenvalue weighted by atomic mass is 10.0. The topological polar surface area (TPSA) is 118 Å². The summed E-state index contributed by atoms with van der Waals surface area (Å²) in [5.74, 6) is -0.754. The van der Waals surface area contributed by atoms with E-state index in [1.807, 2.05) is 13.8 Å². The molecule has 7 nitrogen and oxygen atoms in total. The number of rotatable bonds is 4. The van der Waals surface area contributed by atoms with Crippen molar-refractivity contribution < 1.29 is 23.0 Å². The van der Waals surface area contributed by atoms with Gasteiger partial charge in [0.2, 0.25) is 0 Å². The summed E-state index contributed by atoms with van der Waals surface area (Å²) in [6.45, 7) is 3.63. The van der Waals surface area contributed by atoms with Crippen molar-refractivity contribution in [2.24, 2.45) is 5.92 Å². The quantitative estimate of drug-likeness (QED) is 0.346. The summed E-state index contributed by atoms with van der Waals surface area (Å²) in [7, 11) is -4.63. The predicted octanol–water partition coefficient (Wildman–Crippen LogP) is 2.35. The fourth-order valence-electron chi connectivity index (χ4n) is 1.65. The molecule has 0 radical (unpaired) electrons. The van der Waals surface area contributed by atoms with E-state index in [9.17, 15) is 23.6 Å². The Hall–Kier alpha value is -0.940. The zero-order valence-electron chi connectivity index (χ0n) is 10.1. The zero-order valence-corrected chi connectivity index (χ0v) is 13.1. The number of nitrogens with zero attached hydrogens (tertiary/aromatic N) is 1. The van der Waals surface area contributed by atoms with Gasteiger partial charge in [-0.15, -0.1) is 0 Å². The molecule has 0 aromatic heterocycles. The maximum atomic E-state index is 11.1. The fourth-order valence-corrected chi connectivity index (χ4v) is 3.30. The van der Waals surface area contributed by atoms with Gasteiger partial charge in [0, 0.05) is 5.56 Å². The lowest BCUT2D eigenvalue weighted by Crippen LogP contribution is -2.07. The highest BCUT2D eigenvalue weighted by molar-refractivity contribution is 14.1. The average molecular weight is 401 g/mol. The maximum absolute atomic E-state index is 11.1. The summed E-state index contributed by atoms with van der Waals surface area (Å²) < 4.78 is 31.1. The molecule has 1 aromatic rings. The Morgan fingerprint density at radius 3 is 2.37 bits per heavy atom. The Bertz CT molecular complexity index is 625. The second-order valence-corrected chi connectivity index (χ2v) is 6.84. The molecule has 106 valence electrons. The average Bonchev–Trinajstić information content (AvgIpc) is 2.20. The van der Waals surface area contributed by atoms with Crippen molar-refractivity contribution in [2.75, 3.05) is 0 Å². The molecule has 9 heteroatoms. The number of benzene rings is 1. The van der Waals surface area contributed by atoms with Crippen molar-refractivity contribution in [1.29, 1.82) is 0 Å². The van der Waals surface area contributed by atoms with Gasteiger partial charge in [-0.1, -0.05) is 13.8 Å². The van der Waals surface area contributed by atoms with Gasteiger partial charge in [-0.05, 0) is 41.0 Å². The zero-order chi connectivity index (χ0) is 15.0. The summed E-state index contributed by atoms with van der Waals surface area (Å²) in [6, 6.07) is 0.949. The molecule has 0 aliphatic rings. The first kappa shape index (κ1) is 16.1. The Labute approximate surface area is 123 Å². The van der Waals surface area contributed by atoms with Crippen LogP contribution in [0.3, 0.4) is 0 Å². The Balaban J connectivity index is 3.69. The van der Waals surface area contributed by atoms with Crippen LogP contribution >= 0.6 is 22.6 Å². The molecule has 0 aliphatic carbocycles. The summed E-state index contributed by atoms with van der Waals surface area (Å²) in [6.07, 6.45) is 0.259. The van der Waals surface area contributed by atoms with Crippen LogP contribution in [-0.4, -0.2) is 23.0 Å². The number of nitro groups is 1. The smallest absolute Gasteiger partial charge is 0.298 e. The first-order chi connectivity index (χ1) is 8.55. The number of hydrogen-bond acceptors (Lipinski definition) is 5. The molecule has 2 N–H and O–H groups in total. The number of hydrogen-bond donors (Lipinski definition) is 2. The van der Waals surface area contributed by atoms with Crippen molar-refractivity contribution in [3.8, 4) is 5.75 Å². The van der Waals surface area contributed by atoms with Crippen LogP contribution in [-0.2, 0) is 16.5 Å². The third-order valence-electron chi connectivity index (χ3n) is 2.35. The fraction of sp³-hybridized carbons (Fsp3) is 0.400. The molecule has 0 aliphatic heterocycles. The SMILES string of the molecule is CC(C)Cc1cc(S(=O)(=O)O)c(O)c(I)c1[N+](=O)[O-]. The van der Waals surface area contributed by atoms with Gasteiger partial charge in [-0.3, -0.25) is 14.7 Å². The van der Waals surface area contributed by atoms with Gasteiger partial charge in [0.25, 0.3) is 15.8 Å². The summed E-state index contributed by atoms with van der Waals surface area (Å²) >= 11 is 1.49. The minimum absolute atomic E-state index is 0.0493. The van der Waals surface area contributed by atoms with Crippen LogP contribution in [0.1, 0.15) is 19.4 Å². The molecule has 0 saturated carbocycles. The predicted molar refractivity (Wildman–Crippen MR) is 75.8 cm³/mol. The van der Waals surface area contributed by atoms with E-state index in [1.165, 1.54) is 22.6 Å². The number of phenols is 1. The van der Waals surface area contributed by atoms with Gasteiger partial charge in [0.15, 0.2) is 5.75 Å². The third kappa shape index (κ3) is 3.54. The highest BCUT2D eigenvalue weighted by Gasteiger charge is 2.29. The lowest BCUT2D eigenvalue weighted by molar-refractivity contribution is -0.386. The van der Waals surface area contributed by atoms with E-state index in [-0.39, 0.29) is 27.2 Å². The van der Waals surface area contributed by atoms with Crippen LogP contribution in [0.2, 0.25) is 0 Å². The van der Waals surface area contributed by atoms with Gasteiger partial charge in [-0.25, -0.2) is 0 Å². The number of halogens is 1. The number of phenolic OH excluding ortho intramolecular Hbond substituents is 1. The van der Waals surface area contributed by atoms with E-state index < -0.39 is 25.7 Å². The monoisotopic (exact) mass is 401 g/mol. The molecular formula is C10H12INO6S. The molecule has 0 bridgehead atoms. The molecule has 19 heavy (non-hydrogen) atoms. The van der Waals surface area contributed by atoms with Crippen LogP contribution in [0.4, 0.5) is 5.69 Å². The second kappa shape index (κ2) is 5.59. The molecule has 0 unspecified atom stereocenters. The van der Waals surface area contributed by atoms with Gasteiger partial charge >= 0.3 is 0 Å². The van der Waals surface area contributed by atoms with E-state index >= 15 is 0 Å². The van der Waals surface area contributed by atoms with Gasteiger partial charge in [0.05, 0.1) is 4.92 Å². The van der Waals surface area contributed by atoms with E-state index in [1.54, 1.807) is 0 Å².